The molecule has 7 nitrogen and oxygen atoms in total. The predicted molar refractivity (Wildman–Crippen MR) is 137 cm³/mol. The minimum absolute atomic E-state index is 0.0279. The van der Waals surface area contributed by atoms with Crippen LogP contribution in [0.3, 0.4) is 0 Å². The number of rotatable bonds is 5. The van der Waals surface area contributed by atoms with Gasteiger partial charge in [0.1, 0.15) is 21.4 Å². The van der Waals surface area contributed by atoms with E-state index in [1.54, 1.807) is 59.0 Å². The van der Waals surface area contributed by atoms with Crippen LogP contribution < -0.4 is 4.90 Å². The van der Waals surface area contributed by atoms with Crippen LogP contribution in [0.25, 0.3) is 11.1 Å². The second-order valence-corrected chi connectivity index (χ2v) is 12.6. The number of ether oxygens (including phenoxy) is 1. The topological polar surface area (TPSA) is 88.9 Å². The van der Waals surface area contributed by atoms with Gasteiger partial charge < -0.3 is 4.74 Å². The number of halogens is 2. The van der Waals surface area contributed by atoms with Crippen LogP contribution >= 0.6 is 11.3 Å². The van der Waals surface area contributed by atoms with Gasteiger partial charge in [-0.2, -0.15) is 0 Å². The summed E-state index contributed by atoms with van der Waals surface area (Å²) >= 11 is 1.02. The molecule has 0 spiro atoms. The van der Waals surface area contributed by atoms with Crippen molar-refractivity contribution in [3.8, 4) is 11.1 Å². The summed E-state index contributed by atoms with van der Waals surface area (Å²) in [6.45, 7) is 6.68. The van der Waals surface area contributed by atoms with Gasteiger partial charge in [0.2, 0.25) is 5.91 Å². The van der Waals surface area contributed by atoms with Crippen molar-refractivity contribution >= 4 is 38.2 Å². The van der Waals surface area contributed by atoms with E-state index in [1.165, 1.54) is 11.2 Å². The number of likely N-dealkylation sites (N-methyl/N-ethyl adjacent to an activating group) is 1. The van der Waals surface area contributed by atoms with Crippen LogP contribution in [0.5, 0.6) is 0 Å². The fraction of sp³-hybridized carbons (Fsp3) is 0.320. The highest BCUT2D eigenvalue weighted by Crippen LogP contribution is 2.31. The molecule has 2 aromatic carbocycles. The SMILES string of the molecule is Cc1nc(N(C)C(=O)Cc2ccc(-c3cc(F)ccc3F)cc2)sc1S(C)(=O)=NC(=O)OC(C)(C)C. The zero-order chi connectivity index (χ0) is 26.8. The Morgan fingerprint density at radius 1 is 1.14 bits per heavy atom. The first kappa shape index (κ1) is 27.4. The van der Waals surface area contributed by atoms with Gasteiger partial charge in [0.25, 0.3) is 0 Å². The maximum absolute atomic E-state index is 14.0. The Labute approximate surface area is 213 Å². The van der Waals surface area contributed by atoms with E-state index in [0.717, 1.165) is 29.5 Å². The number of carbonyl (C=O) groups is 2. The number of carbonyl (C=O) groups excluding carboxylic acids is 2. The first-order valence-corrected chi connectivity index (χ1v) is 13.6. The lowest BCUT2D eigenvalue weighted by Gasteiger charge is -2.17. The molecule has 11 heteroatoms. The van der Waals surface area contributed by atoms with Crippen LogP contribution in [0, 0.1) is 18.6 Å². The van der Waals surface area contributed by atoms with Crippen LogP contribution in [-0.2, 0) is 25.7 Å². The molecule has 0 aliphatic carbocycles. The monoisotopic (exact) mass is 535 g/mol. The van der Waals surface area contributed by atoms with E-state index < -0.39 is 33.1 Å². The molecule has 2 amide bonds. The van der Waals surface area contributed by atoms with Gasteiger partial charge in [-0.1, -0.05) is 35.6 Å². The Bertz CT molecular complexity index is 1420. The molecule has 1 heterocycles. The zero-order valence-electron chi connectivity index (χ0n) is 20.8. The molecule has 0 aliphatic heterocycles. The van der Waals surface area contributed by atoms with Crippen molar-refractivity contribution in [1.29, 1.82) is 0 Å². The first-order valence-electron chi connectivity index (χ1n) is 10.9. The number of amides is 2. The minimum Gasteiger partial charge on any atom is -0.442 e. The molecule has 1 unspecified atom stereocenters. The molecule has 0 fully saturated rings. The van der Waals surface area contributed by atoms with E-state index in [-0.39, 0.29) is 22.1 Å². The van der Waals surface area contributed by atoms with Gasteiger partial charge in [-0.05, 0) is 57.0 Å². The van der Waals surface area contributed by atoms with E-state index in [2.05, 4.69) is 9.35 Å². The van der Waals surface area contributed by atoms with Gasteiger partial charge in [-0.3, -0.25) is 9.69 Å². The van der Waals surface area contributed by atoms with Crippen molar-refractivity contribution in [3.63, 3.8) is 0 Å². The lowest BCUT2D eigenvalue weighted by molar-refractivity contribution is -0.117. The van der Waals surface area contributed by atoms with Crippen LogP contribution in [0.4, 0.5) is 18.7 Å². The Balaban J connectivity index is 1.76. The molecule has 0 saturated heterocycles. The Kier molecular flexibility index (Phi) is 7.94. The maximum atomic E-state index is 14.0. The van der Waals surface area contributed by atoms with Crippen LogP contribution in [0.15, 0.2) is 51.0 Å². The summed E-state index contributed by atoms with van der Waals surface area (Å²) in [6.07, 6.45) is 0.418. The standard InChI is InChI=1S/C25H27F2N3O4S2/c1-15-22(36(6,33)29-24(32)34-25(2,3)4)35-23(28-15)30(5)21(31)13-16-7-9-17(10-8-16)19-14-18(26)11-12-20(19)27/h7-12,14H,13H2,1-6H3. The molecule has 192 valence electrons. The third-order valence-corrected chi connectivity index (χ3v) is 8.63. The highest BCUT2D eigenvalue weighted by molar-refractivity contribution is 7.95. The van der Waals surface area contributed by atoms with Crippen LogP contribution in [-0.4, -0.2) is 40.1 Å². The number of thiazole rings is 1. The number of hydrogen-bond acceptors (Lipinski definition) is 6. The zero-order valence-corrected chi connectivity index (χ0v) is 22.4. The van der Waals surface area contributed by atoms with Crippen LogP contribution in [0.2, 0.25) is 0 Å². The molecule has 3 aromatic rings. The number of benzene rings is 2. The largest absolute Gasteiger partial charge is 0.442 e. The fourth-order valence-corrected chi connectivity index (χ4v) is 5.98. The maximum Gasteiger partial charge on any atom is 0.442 e. The van der Waals surface area contributed by atoms with E-state index in [9.17, 15) is 22.6 Å². The van der Waals surface area contributed by atoms with Crippen molar-refractivity contribution < 1.29 is 27.3 Å². The molecule has 0 N–H and O–H groups in total. The fourth-order valence-electron chi connectivity index (χ4n) is 3.25. The third kappa shape index (κ3) is 6.73. The van der Waals surface area contributed by atoms with E-state index in [4.69, 9.17) is 4.74 Å². The summed E-state index contributed by atoms with van der Waals surface area (Å²) in [5.41, 5.74) is 0.912. The lowest BCUT2D eigenvalue weighted by atomic mass is 10.0. The summed E-state index contributed by atoms with van der Waals surface area (Å²) in [7, 11) is -1.59. The van der Waals surface area contributed by atoms with Crippen molar-refractivity contribution in [2.24, 2.45) is 4.36 Å². The normalized spacial score (nSPS) is 13.1. The number of aromatic nitrogens is 1. The molecule has 36 heavy (non-hydrogen) atoms. The molecule has 3 rings (SSSR count). The first-order chi connectivity index (χ1) is 16.7. The summed E-state index contributed by atoms with van der Waals surface area (Å²) in [6, 6.07) is 9.82. The molecular formula is C25H27F2N3O4S2. The van der Waals surface area contributed by atoms with Gasteiger partial charge in [-0.25, -0.2) is 22.8 Å². The average Bonchev–Trinajstić information content (AvgIpc) is 3.16. The number of aryl methyl sites for hydroxylation is 1. The minimum atomic E-state index is -3.14. The molecule has 0 saturated carbocycles. The van der Waals surface area contributed by atoms with Gasteiger partial charge >= 0.3 is 6.09 Å². The van der Waals surface area contributed by atoms with Crippen molar-refractivity contribution in [3.05, 3.63) is 65.4 Å². The predicted octanol–water partition coefficient (Wildman–Crippen LogP) is 5.99. The molecular weight excluding hydrogens is 508 g/mol. The van der Waals surface area contributed by atoms with E-state index >= 15 is 0 Å². The number of nitrogens with zero attached hydrogens (tertiary/aromatic N) is 3. The Morgan fingerprint density at radius 2 is 1.78 bits per heavy atom. The molecule has 1 aromatic heterocycles. The van der Waals surface area contributed by atoms with Crippen molar-refractivity contribution in [2.45, 2.75) is 43.9 Å². The third-order valence-electron chi connectivity index (χ3n) is 4.94. The molecule has 1 atom stereocenters. The van der Waals surface area contributed by atoms with E-state index in [0.29, 0.717) is 22.0 Å². The van der Waals surface area contributed by atoms with Gasteiger partial charge in [0.15, 0.2) is 5.13 Å². The highest BCUT2D eigenvalue weighted by Gasteiger charge is 2.24. The number of anilines is 1. The Hall–Kier alpha value is -3.18. The van der Waals surface area contributed by atoms with Gasteiger partial charge in [-0.15, -0.1) is 4.36 Å². The molecule has 0 aliphatic rings. The molecule has 0 radical (unpaired) electrons. The second-order valence-electron chi connectivity index (χ2n) is 9.19. The average molecular weight is 536 g/mol. The summed E-state index contributed by atoms with van der Waals surface area (Å²) < 4.78 is 49.8. The smallest absolute Gasteiger partial charge is 0.442 e. The van der Waals surface area contributed by atoms with Gasteiger partial charge in [0.05, 0.1) is 21.8 Å². The quantitative estimate of drug-likeness (QED) is 0.400. The van der Waals surface area contributed by atoms with E-state index in [1.807, 2.05) is 0 Å². The van der Waals surface area contributed by atoms with Crippen LogP contribution in [0.1, 0.15) is 32.0 Å². The lowest BCUT2D eigenvalue weighted by Crippen LogP contribution is -2.27. The molecule has 0 bridgehead atoms. The van der Waals surface area contributed by atoms with Crippen molar-refractivity contribution in [1.82, 2.24) is 4.98 Å². The summed E-state index contributed by atoms with van der Waals surface area (Å²) in [5.74, 6) is -1.37. The summed E-state index contributed by atoms with van der Waals surface area (Å²) in [4.78, 5) is 30.6. The second kappa shape index (κ2) is 10.4. The van der Waals surface area contributed by atoms with Crippen molar-refractivity contribution in [2.75, 3.05) is 18.2 Å². The number of hydrogen-bond donors (Lipinski definition) is 0. The highest BCUT2D eigenvalue weighted by atomic mass is 32.2. The Morgan fingerprint density at radius 3 is 2.39 bits per heavy atom. The summed E-state index contributed by atoms with van der Waals surface area (Å²) in [5, 5.41) is 0.305. The van der Waals surface area contributed by atoms with Gasteiger partial charge in [0, 0.05) is 18.9 Å².